The molecule has 4 nitrogen and oxygen atoms in total. The summed E-state index contributed by atoms with van der Waals surface area (Å²) in [4.78, 5) is 17.5. The van der Waals surface area contributed by atoms with Crippen molar-refractivity contribution in [1.82, 2.24) is 4.98 Å². The predicted molar refractivity (Wildman–Crippen MR) is 74.9 cm³/mol. The van der Waals surface area contributed by atoms with E-state index in [1.807, 2.05) is 6.92 Å². The Bertz CT molecular complexity index is 389. The normalized spacial score (nSPS) is 17.4. The molecule has 1 aliphatic rings. The molecule has 0 bridgehead atoms. The molecule has 100 valence electrons. The molecule has 1 heterocycles. The number of hydrogen-bond acceptors (Lipinski definition) is 4. The molecule has 18 heavy (non-hydrogen) atoms. The van der Waals surface area contributed by atoms with Crippen LogP contribution >= 0.6 is 11.3 Å². The van der Waals surface area contributed by atoms with E-state index in [0.717, 1.165) is 18.0 Å². The summed E-state index contributed by atoms with van der Waals surface area (Å²) < 4.78 is 0. The lowest BCUT2D eigenvalue weighted by Gasteiger charge is -2.06. The Morgan fingerprint density at radius 1 is 1.39 bits per heavy atom. The smallest absolute Gasteiger partial charge is 0.227 e. The van der Waals surface area contributed by atoms with E-state index in [9.17, 15) is 4.79 Å². The molecule has 1 atom stereocenters. The monoisotopic (exact) mass is 267 g/mol. The second-order valence-corrected chi connectivity index (χ2v) is 6.12. The minimum atomic E-state index is -0.106. The van der Waals surface area contributed by atoms with E-state index in [-0.39, 0.29) is 11.9 Å². The summed E-state index contributed by atoms with van der Waals surface area (Å²) in [5.41, 5.74) is 6.80. The van der Waals surface area contributed by atoms with Crippen molar-refractivity contribution in [2.75, 3.05) is 5.32 Å². The van der Waals surface area contributed by atoms with Gasteiger partial charge in [0.25, 0.3) is 0 Å². The van der Waals surface area contributed by atoms with E-state index in [2.05, 4.69) is 10.3 Å². The third-order valence-corrected chi connectivity index (χ3v) is 4.17. The standard InChI is InChI=1S/C13H21N3OS/c1-9(14)8-12(17)16-13-15-10-6-4-2-3-5-7-11(10)18-13/h9H,2-8,14H2,1H3,(H,15,16,17). The van der Waals surface area contributed by atoms with Crippen LogP contribution in [-0.4, -0.2) is 16.9 Å². The fourth-order valence-electron chi connectivity index (χ4n) is 2.22. The van der Waals surface area contributed by atoms with Crippen molar-refractivity contribution in [3.05, 3.63) is 10.6 Å². The zero-order valence-electron chi connectivity index (χ0n) is 10.9. The van der Waals surface area contributed by atoms with Crippen molar-refractivity contribution < 1.29 is 4.79 Å². The minimum Gasteiger partial charge on any atom is -0.327 e. The SMILES string of the molecule is CC(N)CC(=O)Nc1nc2c(s1)CCCCCC2. The molecule has 0 spiro atoms. The van der Waals surface area contributed by atoms with Gasteiger partial charge in [0, 0.05) is 17.3 Å². The van der Waals surface area contributed by atoms with Gasteiger partial charge < -0.3 is 11.1 Å². The molecular formula is C13H21N3OS. The number of aromatic nitrogens is 1. The van der Waals surface area contributed by atoms with Crippen LogP contribution in [0, 0.1) is 0 Å². The van der Waals surface area contributed by atoms with Crippen molar-refractivity contribution in [3.8, 4) is 0 Å². The second kappa shape index (κ2) is 6.29. The Balaban J connectivity index is 2.01. The molecule has 0 saturated carbocycles. The zero-order valence-corrected chi connectivity index (χ0v) is 11.7. The molecule has 1 aromatic rings. The summed E-state index contributed by atoms with van der Waals surface area (Å²) in [5, 5.41) is 3.60. The third kappa shape index (κ3) is 3.78. The lowest BCUT2D eigenvalue weighted by molar-refractivity contribution is -0.116. The highest BCUT2D eigenvalue weighted by atomic mass is 32.1. The number of carbonyl (C=O) groups is 1. The maximum absolute atomic E-state index is 11.6. The van der Waals surface area contributed by atoms with Gasteiger partial charge in [0.15, 0.2) is 5.13 Å². The molecule has 2 rings (SSSR count). The molecule has 1 amide bonds. The molecule has 0 radical (unpaired) electrons. The number of nitrogens with zero attached hydrogens (tertiary/aromatic N) is 1. The second-order valence-electron chi connectivity index (χ2n) is 5.03. The van der Waals surface area contributed by atoms with Crippen molar-refractivity contribution in [3.63, 3.8) is 0 Å². The van der Waals surface area contributed by atoms with E-state index < -0.39 is 0 Å². The van der Waals surface area contributed by atoms with Crippen molar-refractivity contribution >= 4 is 22.4 Å². The van der Waals surface area contributed by atoms with Gasteiger partial charge in [-0.25, -0.2) is 4.98 Å². The Morgan fingerprint density at radius 3 is 2.83 bits per heavy atom. The number of hydrogen-bond donors (Lipinski definition) is 2. The first-order valence-corrected chi connectivity index (χ1v) is 7.51. The Morgan fingerprint density at radius 2 is 2.11 bits per heavy atom. The Labute approximate surface area is 112 Å². The number of anilines is 1. The van der Waals surface area contributed by atoms with E-state index in [1.54, 1.807) is 11.3 Å². The number of aryl methyl sites for hydroxylation is 2. The van der Waals surface area contributed by atoms with Crippen LogP contribution in [0.25, 0.3) is 0 Å². The van der Waals surface area contributed by atoms with Gasteiger partial charge in [-0.3, -0.25) is 4.79 Å². The summed E-state index contributed by atoms with van der Waals surface area (Å²) in [6.07, 6.45) is 7.56. The van der Waals surface area contributed by atoms with Gasteiger partial charge in [-0.05, 0) is 32.6 Å². The van der Waals surface area contributed by atoms with Crippen LogP contribution in [0.2, 0.25) is 0 Å². The topological polar surface area (TPSA) is 68.0 Å². The molecule has 0 saturated heterocycles. The average molecular weight is 267 g/mol. The summed E-state index contributed by atoms with van der Waals surface area (Å²) >= 11 is 1.63. The number of thiazole rings is 1. The molecule has 1 unspecified atom stereocenters. The van der Waals surface area contributed by atoms with Crippen LogP contribution in [0.1, 0.15) is 49.6 Å². The number of nitrogens with two attached hydrogens (primary N) is 1. The summed E-state index contributed by atoms with van der Waals surface area (Å²) in [6, 6.07) is -0.106. The van der Waals surface area contributed by atoms with E-state index in [0.29, 0.717) is 6.42 Å². The fraction of sp³-hybridized carbons (Fsp3) is 0.692. The molecular weight excluding hydrogens is 246 g/mol. The highest BCUT2D eigenvalue weighted by Crippen LogP contribution is 2.28. The first-order valence-electron chi connectivity index (χ1n) is 6.69. The van der Waals surface area contributed by atoms with Crippen LogP contribution in [0.3, 0.4) is 0 Å². The number of fused-ring (bicyclic) bond motifs is 1. The highest BCUT2D eigenvalue weighted by Gasteiger charge is 2.15. The molecule has 0 aliphatic heterocycles. The quantitative estimate of drug-likeness (QED) is 0.884. The van der Waals surface area contributed by atoms with E-state index in [1.165, 1.54) is 36.3 Å². The van der Waals surface area contributed by atoms with Crippen LogP contribution in [0.4, 0.5) is 5.13 Å². The van der Waals surface area contributed by atoms with Crippen LogP contribution in [0.5, 0.6) is 0 Å². The Hall–Kier alpha value is -0.940. The van der Waals surface area contributed by atoms with Gasteiger partial charge >= 0.3 is 0 Å². The van der Waals surface area contributed by atoms with Gasteiger partial charge in [-0.15, -0.1) is 11.3 Å². The largest absolute Gasteiger partial charge is 0.327 e. The fourth-order valence-corrected chi connectivity index (χ4v) is 3.29. The lowest BCUT2D eigenvalue weighted by atomic mass is 10.0. The average Bonchev–Trinajstić information content (AvgIpc) is 2.58. The van der Waals surface area contributed by atoms with Crippen molar-refractivity contribution in [2.45, 2.75) is 57.9 Å². The number of amides is 1. The molecule has 5 heteroatoms. The first-order chi connectivity index (χ1) is 8.65. The van der Waals surface area contributed by atoms with Gasteiger partial charge in [-0.1, -0.05) is 12.8 Å². The Kier molecular flexibility index (Phi) is 4.72. The number of nitrogens with one attached hydrogen (secondary N) is 1. The minimum absolute atomic E-state index is 0.0354. The third-order valence-electron chi connectivity index (χ3n) is 3.10. The molecule has 0 fully saturated rings. The van der Waals surface area contributed by atoms with Crippen molar-refractivity contribution in [2.24, 2.45) is 5.73 Å². The van der Waals surface area contributed by atoms with Gasteiger partial charge in [0.2, 0.25) is 5.91 Å². The molecule has 1 aliphatic carbocycles. The zero-order chi connectivity index (χ0) is 13.0. The maximum atomic E-state index is 11.6. The summed E-state index contributed by atoms with van der Waals surface area (Å²) in [5.74, 6) is -0.0354. The number of rotatable bonds is 3. The maximum Gasteiger partial charge on any atom is 0.227 e. The summed E-state index contributed by atoms with van der Waals surface area (Å²) in [6.45, 7) is 1.83. The molecule has 1 aromatic heterocycles. The first kappa shape index (κ1) is 13.5. The van der Waals surface area contributed by atoms with Gasteiger partial charge in [0.1, 0.15) is 0 Å². The van der Waals surface area contributed by atoms with Crippen LogP contribution < -0.4 is 11.1 Å². The highest BCUT2D eigenvalue weighted by molar-refractivity contribution is 7.15. The van der Waals surface area contributed by atoms with E-state index in [4.69, 9.17) is 5.73 Å². The summed E-state index contributed by atoms with van der Waals surface area (Å²) in [7, 11) is 0. The van der Waals surface area contributed by atoms with E-state index >= 15 is 0 Å². The lowest BCUT2D eigenvalue weighted by Crippen LogP contribution is -2.23. The van der Waals surface area contributed by atoms with Gasteiger partial charge in [-0.2, -0.15) is 0 Å². The van der Waals surface area contributed by atoms with Crippen molar-refractivity contribution in [1.29, 1.82) is 0 Å². The number of carbonyl (C=O) groups excluding carboxylic acids is 1. The van der Waals surface area contributed by atoms with Gasteiger partial charge in [0.05, 0.1) is 5.69 Å². The predicted octanol–water partition coefficient (Wildman–Crippen LogP) is 2.48. The van der Waals surface area contributed by atoms with Crippen LogP contribution in [-0.2, 0) is 17.6 Å². The molecule has 0 aromatic carbocycles. The van der Waals surface area contributed by atoms with Crippen LogP contribution in [0.15, 0.2) is 0 Å². The molecule has 3 N–H and O–H groups in total.